The van der Waals surface area contributed by atoms with Crippen LogP contribution in [-0.4, -0.2) is 26.6 Å². The number of pyridine rings is 1. The summed E-state index contributed by atoms with van der Waals surface area (Å²) in [6.07, 6.45) is 5.79. The van der Waals surface area contributed by atoms with Gasteiger partial charge < -0.3 is 5.32 Å². The fourth-order valence-corrected chi connectivity index (χ4v) is 4.37. The molecule has 1 aromatic carbocycles. The van der Waals surface area contributed by atoms with Crippen LogP contribution in [0.2, 0.25) is 0 Å². The number of ketones is 1. The standard InChI is InChI=1S/C26H26F2N4O2/c1-14(2)25-30-12-16(13-31-25)26(34)32-24-20(21-11-17(27)4-7-22(21)28)8-9-29-23(24)19-6-5-18(33)10-15(19)3/h4,7-9,11-15,19H,5-6,10H2,1-3H3,(H,32,34). The van der Waals surface area contributed by atoms with Gasteiger partial charge in [0.25, 0.3) is 5.91 Å². The Hall–Kier alpha value is -3.55. The molecular weight excluding hydrogens is 438 g/mol. The second kappa shape index (κ2) is 9.75. The number of benzene rings is 1. The Morgan fingerprint density at radius 1 is 1.09 bits per heavy atom. The third-order valence-corrected chi connectivity index (χ3v) is 6.21. The summed E-state index contributed by atoms with van der Waals surface area (Å²) in [5.74, 6) is -0.921. The van der Waals surface area contributed by atoms with Crippen molar-refractivity contribution in [1.29, 1.82) is 0 Å². The minimum absolute atomic E-state index is 0.00864. The van der Waals surface area contributed by atoms with Crippen LogP contribution >= 0.6 is 0 Å². The molecule has 1 saturated carbocycles. The van der Waals surface area contributed by atoms with Crippen LogP contribution in [0.25, 0.3) is 11.1 Å². The van der Waals surface area contributed by atoms with E-state index in [2.05, 4.69) is 20.3 Å². The third-order valence-electron chi connectivity index (χ3n) is 6.21. The number of hydrogen-bond acceptors (Lipinski definition) is 5. The highest BCUT2D eigenvalue weighted by atomic mass is 19.1. The first-order valence-electron chi connectivity index (χ1n) is 11.3. The topological polar surface area (TPSA) is 84.8 Å². The van der Waals surface area contributed by atoms with E-state index in [0.29, 0.717) is 42.0 Å². The lowest BCUT2D eigenvalue weighted by Gasteiger charge is -2.29. The zero-order valence-electron chi connectivity index (χ0n) is 19.3. The van der Waals surface area contributed by atoms with E-state index in [4.69, 9.17) is 0 Å². The molecule has 3 aromatic rings. The van der Waals surface area contributed by atoms with Crippen LogP contribution in [0, 0.1) is 17.6 Å². The first-order valence-corrected chi connectivity index (χ1v) is 11.3. The van der Waals surface area contributed by atoms with Crippen molar-refractivity contribution in [2.24, 2.45) is 5.92 Å². The van der Waals surface area contributed by atoms with Gasteiger partial charge in [0, 0.05) is 54.4 Å². The molecule has 2 heterocycles. The van der Waals surface area contributed by atoms with Crippen molar-refractivity contribution in [2.45, 2.75) is 51.9 Å². The molecule has 1 N–H and O–H groups in total. The summed E-state index contributed by atoms with van der Waals surface area (Å²) in [4.78, 5) is 38.1. The van der Waals surface area contributed by atoms with Gasteiger partial charge in [-0.15, -0.1) is 0 Å². The average molecular weight is 465 g/mol. The van der Waals surface area contributed by atoms with Gasteiger partial charge in [-0.1, -0.05) is 20.8 Å². The maximum Gasteiger partial charge on any atom is 0.258 e. The van der Waals surface area contributed by atoms with E-state index in [9.17, 15) is 18.4 Å². The minimum Gasteiger partial charge on any atom is -0.320 e. The first-order chi connectivity index (χ1) is 16.2. The molecule has 0 saturated heterocycles. The molecule has 0 radical (unpaired) electrons. The molecule has 2 unspecified atom stereocenters. The molecule has 1 fully saturated rings. The second-order valence-corrected chi connectivity index (χ2v) is 9.05. The van der Waals surface area contributed by atoms with Crippen molar-refractivity contribution in [3.63, 3.8) is 0 Å². The quantitative estimate of drug-likeness (QED) is 0.526. The zero-order chi connectivity index (χ0) is 24.4. The van der Waals surface area contributed by atoms with Gasteiger partial charge in [0.15, 0.2) is 0 Å². The van der Waals surface area contributed by atoms with Gasteiger partial charge in [-0.25, -0.2) is 18.7 Å². The van der Waals surface area contributed by atoms with Crippen LogP contribution in [0.5, 0.6) is 0 Å². The summed E-state index contributed by atoms with van der Waals surface area (Å²) < 4.78 is 28.8. The van der Waals surface area contributed by atoms with Crippen LogP contribution in [0.15, 0.2) is 42.9 Å². The van der Waals surface area contributed by atoms with Crippen molar-refractivity contribution < 1.29 is 18.4 Å². The number of aromatic nitrogens is 3. The van der Waals surface area contributed by atoms with E-state index in [1.54, 1.807) is 6.07 Å². The SMILES string of the molecule is CC(C)c1ncc(C(=O)Nc2c(-c3cc(F)ccc3F)ccnc2C2CCC(=O)CC2C)cn1. The lowest BCUT2D eigenvalue weighted by Crippen LogP contribution is -2.24. The number of Topliss-reactive ketones (excluding diaryl/α,β-unsaturated/α-hetero) is 1. The van der Waals surface area contributed by atoms with Gasteiger partial charge in [-0.2, -0.15) is 0 Å². The molecule has 2 aromatic heterocycles. The summed E-state index contributed by atoms with van der Waals surface area (Å²) in [7, 11) is 0. The maximum absolute atomic E-state index is 14.8. The number of anilines is 1. The molecule has 176 valence electrons. The fourth-order valence-electron chi connectivity index (χ4n) is 4.37. The molecule has 1 aliphatic carbocycles. The monoisotopic (exact) mass is 464 g/mol. The van der Waals surface area contributed by atoms with Crippen LogP contribution in [0.4, 0.5) is 14.5 Å². The lowest BCUT2D eigenvalue weighted by molar-refractivity contribution is -0.121. The number of hydrogen-bond donors (Lipinski definition) is 1. The van der Waals surface area contributed by atoms with Crippen molar-refractivity contribution in [3.05, 3.63) is 71.6 Å². The van der Waals surface area contributed by atoms with E-state index in [1.165, 1.54) is 18.6 Å². The number of rotatable bonds is 5. The van der Waals surface area contributed by atoms with Gasteiger partial charge in [0.2, 0.25) is 0 Å². The van der Waals surface area contributed by atoms with Crippen LogP contribution in [-0.2, 0) is 4.79 Å². The number of nitrogens with zero attached hydrogens (tertiary/aromatic N) is 3. The van der Waals surface area contributed by atoms with Gasteiger partial charge in [0.05, 0.1) is 16.9 Å². The van der Waals surface area contributed by atoms with Crippen molar-refractivity contribution in [1.82, 2.24) is 15.0 Å². The Kier molecular flexibility index (Phi) is 6.77. The first kappa shape index (κ1) is 23.6. The predicted octanol–water partition coefficient (Wildman–Crippen LogP) is 5.67. The molecule has 1 aliphatic rings. The Bertz CT molecular complexity index is 1230. The Balaban J connectivity index is 1.79. The minimum atomic E-state index is -0.620. The van der Waals surface area contributed by atoms with E-state index in [-0.39, 0.29) is 34.7 Å². The van der Waals surface area contributed by atoms with E-state index >= 15 is 0 Å². The van der Waals surface area contributed by atoms with E-state index < -0.39 is 17.5 Å². The molecule has 8 heteroatoms. The molecule has 2 atom stereocenters. The molecule has 34 heavy (non-hydrogen) atoms. The maximum atomic E-state index is 14.8. The van der Waals surface area contributed by atoms with Crippen LogP contribution < -0.4 is 5.32 Å². The third kappa shape index (κ3) is 4.85. The smallest absolute Gasteiger partial charge is 0.258 e. The number of amides is 1. The Morgan fingerprint density at radius 3 is 2.50 bits per heavy atom. The number of carbonyl (C=O) groups excluding carboxylic acids is 2. The summed E-state index contributed by atoms with van der Waals surface area (Å²) >= 11 is 0. The van der Waals surface area contributed by atoms with Gasteiger partial charge >= 0.3 is 0 Å². The van der Waals surface area contributed by atoms with Gasteiger partial charge in [0.1, 0.15) is 23.2 Å². The summed E-state index contributed by atoms with van der Waals surface area (Å²) in [6.45, 7) is 5.86. The summed E-state index contributed by atoms with van der Waals surface area (Å²) in [5, 5.41) is 2.86. The predicted molar refractivity (Wildman–Crippen MR) is 124 cm³/mol. The van der Waals surface area contributed by atoms with E-state index in [1.807, 2.05) is 20.8 Å². The molecular formula is C26H26F2N4O2. The normalized spacial score (nSPS) is 18.2. The highest BCUT2D eigenvalue weighted by Crippen LogP contribution is 2.42. The highest BCUT2D eigenvalue weighted by molar-refractivity contribution is 6.06. The van der Waals surface area contributed by atoms with Crippen molar-refractivity contribution in [2.75, 3.05) is 5.32 Å². The molecule has 0 aliphatic heterocycles. The zero-order valence-corrected chi connectivity index (χ0v) is 19.3. The fraction of sp³-hybridized carbons (Fsp3) is 0.346. The second-order valence-electron chi connectivity index (χ2n) is 9.05. The molecule has 0 bridgehead atoms. The number of nitrogens with one attached hydrogen (secondary N) is 1. The summed E-state index contributed by atoms with van der Waals surface area (Å²) in [5.41, 5.74) is 1.42. The largest absolute Gasteiger partial charge is 0.320 e. The Labute approximate surface area is 196 Å². The lowest BCUT2D eigenvalue weighted by atomic mass is 9.77. The highest BCUT2D eigenvalue weighted by Gasteiger charge is 2.31. The van der Waals surface area contributed by atoms with E-state index in [0.717, 1.165) is 18.2 Å². The average Bonchev–Trinajstić information content (AvgIpc) is 2.81. The molecule has 0 spiro atoms. The molecule has 6 nitrogen and oxygen atoms in total. The number of carbonyl (C=O) groups is 2. The van der Waals surface area contributed by atoms with Crippen LogP contribution in [0.1, 0.15) is 73.7 Å². The Morgan fingerprint density at radius 2 is 1.82 bits per heavy atom. The van der Waals surface area contributed by atoms with Gasteiger partial charge in [-0.05, 0) is 36.6 Å². The summed E-state index contributed by atoms with van der Waals surface area (Å²) in [6, 6.07) is 4.74. The van der Waals surface area contributed by atoms with Crippen molar-refractivity contribution in [3.8, 4) is 11.1 Å². The van der Waals surface area contributed by atoms with Crippen molar-refractivity contribution >= 4 is 17.4 Å². The molecule has 4 rings (SSSR count). The number of halogens is 2. The van der Waals surface area contributed by atoms with Gasteiger partial charge in [-0.3, -0.25) is 14.6 Å². The van der Waals surface area contributed by atoms with Crippen LogP contribution in [0.3, 0.4) is 0 Å². The molecule has 1 amide bonds.